The molecule has 7 nitrogen and oxygen atoms in total. The minimum absolute atomic E-state index is 0.0577. The fourth-order valence-electron chi connectivity index (χ4n) is 4.49. The molecule has 36 heavy (non-hydrogen) atoms. The van der Waals surface area contributed by atoms with E-state index in [2.05, 4.69) is 4.99 Å². The second kappa shape index (κ2) is 10.3. The first-order chi connectivity index (χ1) is 17.5. The van der Waals surface area contributed by atoms with Crippen LogP contribution in [0.2, 0.25) is 0 Å². The largest absolute Gasteiger partial charge is 0.493 e. The number of anilines is 1. The predicted octanol–water partition coefficient (Wildman–Crippen LogP) is 5.85. The van der Waals surface area contributed by atoms with Crippen LogP contribution in [0, 0.1) is 13.8 Å². The minimum Gasteiger partial charge on any atom is -0.493 e. The Morgan fingerprint density at radius 3 is 2.58 bits per heavy atom. The highest BCUT2D eigenvalue weighted by atomic mass is 16.5. The molecule has 1 saturated heterocycles. The number of benzene rings is 3. The van der Waals surface area contributed by atoms with Crippen molar-refractivity contribution >= 4 is 23.5 Å². The number of rotatable bonds is 8. The Balaban J connectivity index is 1.15. The van der Waals surface area contributed by atoms with Crippen LogP contribution in [-0.4, -0.2) is 42.8 Å². The molecule has 0 aliphatic carbocycles. The molecule has 2 aliphatic heterocycles. The maximum atomic E-state index is 12.9. The SMILES string of the molecule is Cc1ccc(Oc2cc(OCCCOc3cc4c(cc3C)C(=O)N3CCC[C@H]3C=N4)ccc2N)cc1. The maximum Gasteiger partial charge on any atom is 0.256 e. The number of hydrogen-bond acceptors (Lipinski definition) is 6. The van der Waals surface area contributed by atoms with E-state index >= 15 is 0 Å². The van der Waals surface area contributed by atoms with Crippen molar-refractivity contribution in [1.82, 2.24) is 4.90 Å². The molecular formula is C29H31N3O4. The summed E-state index contributed by atoms with van der Waals surface area (Å²) in [6, 6.07) is 17.1. The van der Waals surface area contributed by atoms with Gasteiger partial charge in [0.05, 0.1) is 36.2 Å². The van der Waals surface area contributed by atoms with Gasteiger partial charge in [-0.3, -0.25) is 9.79 Å². The van der Waals surface area contributed by atoms with Crippen molar-refractivity contribution in [2.75, 3.05) is 25.5 Å². The number of carbonyl (C=O) groups excluding carboxylic acids is 1. The van der Waals surface area contributed by atoms with Crippen molar-refractivity contribution in [3.63, 3.8) is 0 Å². The van der Waals surface area contributed by atoms with Gasteiger partial charge in [0.2, 0.25) is 0 Å². The second-order valence-electron chi connectivity index (χ2n) is 9.29. The Bertz CT molecular complexity index is 1290. The Kier molecular flexibility index (Phi) is 6.80. The Hall–Kier alpha value is -4.00. The number of aryl methyl sites for hydroxylation is 2. The smallest absolute Gasteiger partial charge is 0.256 e. The van der Waals surface area contributed by atoms with Crippen LogP contribution in [-0.2, 0) is 0 Å². The van der Waals surface area contributed by atoms with Crippen molar-refractivity contribution in [2.24, 2.45) is 4.99 Å². The van der Waals surface area contributed by atoms with Crippen molar-refractivity contribution in [3.8, 4) is 23.0 Å². The Morgan fingerprint density at radius 2 is 1.75 bits per heavy atom. The van der Waals surface area contributed by atoms with Gasteiger partial charge < -0.3 is 24.8 Å². The van der Waals surface area contributed by atoms with Gasteiger partial charge in [0.15, 0.2) is 5.75 Å². The Morgan fingerprint density at radius 1 is 0.972 bits per heavy atom. The first-order valence-corrected chi connectivity index (χ1v) is 12.4. The topological polar surface area (TPSA) is 86.4 Å². The molecule has 7 heteroatoms. The fourth-order valence-corrected chi connectivity index (χ4v) is 4.49. The van der Waals surface area contributed by atoms with E-state index < -0.39 is 0 Å². The van der Waals surface area contributed by atoms with Gasteiger partial charge >= 0.3 is 0 Å². The maximum absolute atomic E-state index is 12.9. The van der Waals surface area contributed by atoms with Gasteiger partial charge in [-0.2, -0.15) is 0 Å². The molecule has 5 rings (SSSR count). The lowest BCUT2D eigenvalue weighted by atomic mass is 10.1. The summed E-state index contributed by atoms with van der Waals surface area (Å²) < 4.78 is 17.8. The molecular weight excluding hydrogens is 454 g/mol. The lowest BCUT2D eigenvalue weighted by Crippen LogP contribution is -2.35. The van der Waals surface area contributed by atoms with Crippen molar-refractivity contribution < 1.29 is 19.0 Å². The molecule has 1 fully saturated rings. The summed E-state index contributed by atoms with van der Waals surface area (Å²) in [4.78, 5) is 19.5. The van der Waals surface area contributed by atoms with E-state index in [1.165, 1.54) is 0 Å². The summed E-state index contributed by atoms with van der Waals surface area (Å²) in [5.41, 5.74) is 10.0. The first kappa shape index (κ1) is 23.7. The number of amides is 1. The third kappa shape index (κ3) is 5.15. The van der Waals surface area contributed by atoms with E-state index in [1.54, 1.807) is 12.1 Å². The molecule has 2 N–H and O–H groups in total. The van der Waals surface area contributed by atoms with Crippen molar-refractivity contribution in [2.45, 2.75) is 39.2 Å². The van der Waals surface area contributed by atoms with Crippen LogP contribution in [0.5, 0.6) is 23.0 Å². The van der Waals surface area contributed by atoms with E-state index in [0.717, 1.165) is 42.0 Å². The van der Waals surface area contributed by atoms with Crippen LogP contribution in [0.15, 0.2) is 59.6 Å². The first-order valence-electron chi connectivity index (χ1n) is 12.4. The van der Waals surface area contributed by atoms with E-state index in [0.29, 0.717) is 48.1 Å². The zero-order valence-corrected chi connectivity index (χ0v) is 20.7. The van der Waals surface area contributed by atoms with Crippen LogP contribution in [0.4, 0.5) is 11.4 Å². The average Bonchev–Trinajstić information content (AvgIpc) is 3.30. The second-order valence-corrected chi connectivity index (χ2v) is 9.29. The van der Waals surface area contributed by atoms with E-state index in [1.807, 2.05) is 67.4 Å². The van der Waals surface area contributed by atoms with Gasteiger partial charge in [0.1, 0.15) is 17.2 Å². The number of nitrogens with two attached hydrogens (primary N) is 1. The molecule has 3 aromatic rings. The molecule has 0 unspecified atom stereocenters. The monoisotopic (exact) mass is 485 g/mol. The van der Waals surface area contributed by atoms with Gasteiger partial charge in [-0.05, 0) is 62.6 Å². The fraction of sp³-hybridized carbons (Fsp3) is 0.310. The highest BCUT2D eigenvalue weighted by Gasteiger charge is 2.32. The highest BCUT2D eigenvalue weighted by Crippen LogP contribution is 2.34. The zero-order chi connectivity index (χ0) is 25.1. The van der Waals surface area contributed by atoms with E-state index in [4.69, 9.17) is 19.9 Å². The number of ether oxygens (including phenoxy) is 3. The highest BCUT2D eigenvalue weighted by molar-refractivity contribution is 6.03. The molecule has 0 aromatic heterocycles. The summed E-state index contributed by atoms with van der Waals surface area (Å²) >= 11 is 0. The van der Waals surface area contributed by atoms with Crippen LogP contribution in [0.1, 0.15) is 40.7 Å². The lowest BCUT2D eigenvalue weighted by Gasteiger charge is -2.20. The summed E-state index contributed by atoms with van der Waals surface area (Å²) in [6.07, 6.45) is 4.58. The van der Waals surface area contributed by atoms with Crippen molar-refractivity contribution in [1.29, 1.82) is 0 Å². The average molecular weight is 486 g/mol. The molecule has 0 spiro atoms. The Labute approximate surface area is 211 Å². The summed E-state index contributed by atoms with van der Waals surface area (Å²) in [6.45, 7) is 5.74. The number of hydrogen-bond donors (Lipinski definition) is 1. The van der Waals surface area contributed by atoms with Crippen molar-refractivity contribution in [3.05, 3.63) is 71.3 Å². The predicted molar refractivity (Wildman–Crippen MR) is 141 cm³/mol. The molecule has 1 amide bonds. The number of carbonyl (C=O) groups is 1. The van der Waals surface area contributed by atoms with Gasteiger partial charge in [-0.15, -0.1) is 0 Å². The molecule has 0 radical (unpaired) electrons. The van der Waals surface area contributed by atoms with E-state index in [9.17, 15) is 4.79 Å². The van der Waals surface area contributed by atoms with Crippen LogP contribution < -0.4 is 19.9 Å². The number of nitrogens with zero attached hydrogens (tertiary/aromatic N) is 2. The molecule has 1 atom stereocenters. The normalized spacial score (nSPS) is 16.3. The minimum atomic E-state index is 0.0577. The summed E-state index contributed by atoms with van der Waals surface area (Å²) in [5.74, 6) is 2.76. The third-order valence-corrected chi connectivity index (χ3v) is 6.52. The summed E-state index contributed by atoms with van der Waals surface area (Å²) in [7, 11) is 0. The number of nitrogen functional groups attached to an aromatic ring is 1. The zero-order valence-electron chi connectivity index (χ0n) is 20.7. The molecule has 0 saturated carbocycles. The quantitative estimate of drug-likeness (QED) is 0.320. The van der Waals surface area contributed by atoms with Crippen LogP contribution >= 0.6 is 0 Å². The number of aliphatic imine (C=N–C) groups is 1. The molecule has 186 valence electrons. The molecule has 2 heterocycles. The van der Waals surface area contributed by atoms with Gasteiger partial charge in [-0.25, -0.2) is 0 Å². The van der Waals surface area contributed by atoms with Gasteiger partial charge in [-0.1, -0.05) is 17.7 Å². The number of fused-ring (bicyclic) bond motifs is 2. The van der Waals surface area contributed by atoms with Gasteiger partial charge in [0.25, 0.3) is 5.91 Å². The lowest BCUT2D eigenvalue weighted by molar-refractivity contribution is 0.0774. The third-order valence-electron chi connectivity index (χ3n) is 6.52. The van der Waals surface area contributed by atoms with Gasteiger partial charge in [0, 0.05) is 31.3 Å². The molecule has 0 bridgehead atoms. The van der Waals surface area contributed by atoms with E-state index in [-0.39, 0.29) is 11.9 Å². The van der Waals surface area contributed by atoms with Crippen LogP contribution in [0.3, 0.4) is 0 Å². The summed E-state index contributed by atoms with van der Waals surface area (Å²) in [5, 5.41) is 0. The molecule has 3 aromatic carbocycles. The van der Waals surface area contributed by atoms with Crippen LogP contribution in [0.25, 0.3) is 0 Å². The standard InChI is InChI=1S/C29H31N3O4/c1-19-6-8-22(9-7-19)36-28-16-23(10-11-25(28)30)34-13-4-14-35-27-17-26-24(15-20(27)2)29(33)32-12-3-5-21(32)18-31-26/h6-11,15-18,21H,3-5,12-14,30H2,1-2H3/t21-/m0/s1. The molecule has 2 aliphatic rings.